The minimum atomic E-state index is -0.382. The predicted octanol–water partition coefficient (Wildman–Crippen LogP) is 3.00. The van der Waals surface area contributed by atoms with Crippen LogP contribution in [0, 0.1) is 18.3 Å². The molecule has 0 spiro atoms. The van der Waals surface area contributed by atoms with Gasteiger partial charge in [-0.2, -0.15) is 5.26 Å². The van der Waals surface area contributed by atoms with Crippen LogP contribution in [0.2, 0.25) is 0 Å². The molecule has 2 rings (SSSR count). The van der Waals surface area contributed by atoms with Gasteiger partial charge >= 0.3 is 6.09 Å². The molecule has 0 aromatic heterocycles. The molecule has 1 atom stereocenters. The van der Waals surface area contributed by atoms with E-state index in [9.17, 15) is 4.79 Å². The Morgan fingerprint density at radius 3 is 3.06 bits per heavy atom. The number of hydrogen-bond donors (Lipinski definition) is 0. The van der Waals surface area contributed by atoms with Crippen LogP contribution < -0.4 is 4.90 Å². The number of nitrogens with zero attached hydrogens (tertiary/aromatic N) is 2. The summed E-state index contributed by atoms with van der Waals surface area (Å²) in [6.45, 7) is 2.40. The van der Waals surface area contributed by atoms with Gasteiger partial charge in [0.25, 0.3) is 0 Å². The largest absolute Gasteiger partial charge is 0.443 e. The molecular formula is C12H11BrN2O2. The monoisotopic (exact) mass is 294 g/mol. The van der Waals surface area contributed by atoms with Crippen molar-refractivity contribution in [2.45, 2.75) is 19.4 Å². The van der Waals surface area contributed by atoms with Crippen molar-refractivity contribution in [2.75, 3.05) is 11.4 Å². The van der Waals surface area contributed by atoms with Gasteiger partial charge in [-0.05, 0) is 30.7 Å². The van der Waals surface area contributed by atoms with Crippen LogP contribution in [-0.4, -0.2) is 18.7 Å². The highest BCUT2D eigenvalue weighted by Crippen LogP contribution is 2.26. The first-order chi connectivity index (χ1) is 8.11. The van der Waals surface area contributed by atoms with Crippen molar-refractivity contribution < 1.29 is 9.53 Å². The van der Waals surface area contributed by atoms with Crippen molar-refractivity contribution in [1.29, 1.82) is 5.26 Å². The van der Waals surface area contributed by atoms with Crippen LogP contribution in [0.5, 0.6) is 0 Å². The summed E-state index contributed by atoms with van der Waals surface area (Å²) in [5, 5.41) is 8.58. The fourth-order valence-corrected chi connectivity index (χ4v) is 1.98. The van der Waals surface area contributed by atoms with E-state index < -0.39 is 0 Å². The average molecular weight is 295 g/mol. The molecule has 1 aliphatic heterocycles. The Morgan fingerprint density at radius 2 is 2.41 bits per heavy atom. The van der Waals surface area contributed by atoms with Gasteiger partial charge in [-0.1, -0.05) is 15.9 Å². The second-order valence-corrected chi connectivity index (χ2v) is 4.77. The maximum atomic E-state index is 11.6. The molecule has 1 heterocycles. The number of rotatable bonds is 2. The molecule has 1 fully saturated rings. The quantitative estimate of drug-likeness (QED) is 0.842. The summed E-state index contributed by atoms with van der Waals surface area (Å²) >= 11 is 3.41. The maximum Gasteiger partial charge on any atom is 0.414 e. The lowest BCUT2D eigenvalue weighted by molar-refractivity contribution is 0.143. The maximum absolute atomic E-state index is 11.6. The van der Waals surface area contributed by atoms with Crippen molar-refractivity contribution in [2.24, 2.45) is 0 Å². The molecule has 1 aromatic carbocycles. The number of benzene rings is 1. The summed E-state index contributed by atoms with van der Waals surface area (Å²) in [4.78, 5) is 13.2. The van der Waals surface area contributed by atoms with Crippen LogP contribution in [0.25, 0.3) is 0 Å². The molecule has 88 valence electrons. The zero-order valence-electron chi connectivity index (χ0n) is 9.31. The van der Waals surface area contributed by atoms with Gasteiger partial charge in [-0.25, -0.2) is 4.79 Å². The fourth-order valence-electron chi connectivity index (χ4n) is 1.74. The molecule has 0 radical (unpaired) electrons. The van der Waals surface area contributed by atoms with Crippen molar-refractivity contribution >= 4 is 27.7 Å². The van der Waals surface area contributed by atoms with Crippen molar-refractivity contribution in [1.82, 2.24) is 0 Å². The minimum Gasteiger partial charge on any atom is -0.443 e. The van der Waals surface area contributed by atoms with Crippen LogP contribution in [0.1, 0.15) is 12.0 Å². The van der Waals surface area contributed by atoms with Crippen LogP contribution in [0.3, 0.4) is 0 Å². The number of carbonyl (C=O) groups excluding carboxylic acids is 1. The summed E-state index contributed by atoms with van der Waals surface area (Å²) in [6, 6.07) is 7.68. The van der Waals surface area contributed by atoms with Gasteiger partial charge in [0.2, 0.25) is 0 Å². The van der Waals surface area contributed by atoms with Crippen LogP contribution in [-0.2, 0) is 4.74 Å². The van der Waals surface area contributed by atoms with E-state index in [0.29, 0.717) is 6.54 Å². The van der Waals surface area contributed by atoms with Crippen LogP contribution in [0.4, 0.5) is 10.5 Å². The highest BCUT2D eigenvalue weighted by atomic mass is 79.9. The van der Waals surface area contributed by atoms with Gasteiger partial charge in [0.15, 0.2) is 0 Å². The zero-order chi connectivity index (χ0) is 12.4. The lowest BCUT2D eigenvalue weighted by Crippen LogP contribution is -2.24. The van der Waals surface area contributed by atoms with E-state index in [1.54, 1.807) is 4.90 Å². The first-order valence-electron chi connectivity index (χ1n) is 5.23. The SMILES string of the molecule is Cc1cc(N2CC(CC#N)OC2=O)ccc1Br. The third-order valence-electron chi connectivity index (χ3n) is 2.65. The van der Waals surface area contributed by atoms with E-state index in [2.05, 4.69) is 15.9 Å². The standard InChI is InChI=1S/C12H11BrN2O2/c1-8-6-9(2-3-11(8)13)15-7-10(4-5-14)17-12(15)16/h2-3,6,10H,4,7H2,1H3. The third kappa shape index (κ3) is 2.42. The Bertz CT molecular complexity index is 496. The Hall–Kier alpha value is -1.54. The van der Waals surface area contributed by atoms with E-state index in [4.69, 9.17) is 10.00 Å². The Morgan fingerprint density at radius 1 is 1.65 bits per heavy atom. The number of aryl methyl sites for hydroxylation is 1. The van der Waals surface area contributed by atoms with E-state index in [1.165, 1.54) is 0 Å². The van der Waals surface area contributed by atoms with E-state index in [0.717, 1.165) is 15.7 Å². The summed E-state index contributed by atoms with van der Waals surface area (Å²) < 4.78 is 6.09. The number of halogens is 1. The second kappa shape index (κ2) is 4.76. The van der Waals surface area contributed by atoms with Gasteiger partial charge in [-0.15, -0.1) is 0 Å². The normalized spacial score (nSPS) is 19.0. The number of cyclic esters (lactones) is 1. The fraction of sp³-hybridized carbons (Fsp3) is 0.333. The Balaban J connectivity index is 2.20. The highest BCUT2D eigenvalue weighted by molar-refractivity contribution is 9.10. The number of amides is 1. The lowest BCUT2D eigenvalue weighted by atomic mass is 10.2. The number of hydrogen-bond acceptors (Lipinski definition) is 3. The molecule has 17 heavy (non-hydrogen) atoms. The summed E-state index contributed by atoms with van der Waals surface area (Å²) in [6.07, 6.45) is -0.471. The van der Waals surface area contributed by atoms with E-state index >= 15 is 0 Å². The zero-order valence-corrected chi connectivity index (χ0v) is 10.9. The average Bonchev–Trinajstić information content (AvgIpc) is 2.64. The predicted molar refractivity (Wildman–Crippen MR) is 66.7 cm³/mol. The van der Waals surface area contributed by atoms with E-state index in [-0.39, 0.29) is 18.6 Å². The number of anilines is 1. The number of ether oxygens (including phenoxy) is 1. The van der Waals surface area contributed by atoms with Gasteiger partial charge in [0.05, 0.1) is 19.0 Å². The molecule has 1 unspecified atom stereocenters. The Kier molecular flexibility index (Phi) is 3.34. The van der Waals surface area contributed by atoms with Gasteiger partial charge in [0, 0.05) is 10.2 Å². The van der Waals surface area contributed by atoms with Crippen molar-refractivity contribution in [3.05, 3.63) is 28.2 Å². The molecule has 4 nitrogen and oxygen atoms in total. The van der Waals surface area contributed by atoms with Gasteiger partial charge in [0.1, 0.15) is 6.10 Å². The summed E-state index contributed by atoms with van der Waals surface area (Å²) in [5.74, 6) is 0. The minimum absolute atomic E-state index is 0.234. The highest BCUT2D eigenvalue weighted by Gasteiger charge is 2.32. The smallest absolute Gasteiger partial charge is 0.414 e. The molecule has 1 aromatic rings. The number of carbonyl (C=O) groups is 1. The topological polar surface area (TPSA) is 53.3 Å². The van der Waals surface area contributed by atoms with Crippen molar-refractivity contribution in [3.63, 3.8) is 0 Å². The number of nitriles is 1. The summed E-state index contributed by atoms with van der Waals surface area (Å²) in [5.41, 5.74) is 1.86. The molecular weight excluding hydrogens is 284 g/mol. The summed E-state index contributed by atoms with van der Waals surface area (Å²) in [7, 11) is 0. The molecule has 1 aliphatic rings. The van der Waals surface area contributed by atoms with Crippen LogP contribution in [0.15, 0.2) is 22.7 Å². The van der Waals surface area contributed by atoms with Gasteiger partial charge < -0.3 is 4.74 Å². The molecule has 0 bridgehead atoms. The van der Waals surface area contributed by atoms with Gasteiger partial charge in [-0.3, -0.25) is 4.90 Å². The lowest BCUT2D eigenvalue weighted by Gasteiger charge is -2.13. The molecule has 1 amide bonds. The molecule has 0 aliphatic carbocycles. The van der Waals surface area contributed by atoms with E-state index in [1.807, 2.05) is 31.2 Å². The van der Waals surface area contributed by atoms with Crippen molar-refractivity contribution in [3.8, 4) is 6.07 Å². The molecule has 0 N–H and O–H groups in total. The first kappa shape index (κ1) is 11.9. The molecule has 5 heteroatoms. The van der Waals surface area contributed by atoms with Crippen LogP contribution >= 0.6 is 15.9 Å². The second-order valence-electron chi connectivity index (χ2n) is 3.91. The first-order valence-corrected chi connectivity index (χ1v) is 6.02. The molecule has 0 saturated carbocycles. The molecule has 1 saturated heterocycles. The Labute approximate surface area is 108 Å². The third-order valence-corrected chi connectivity index (χ3v) is 3.54.